The lowest BCUT2D eigenvalue weighted by Crippen LogP contribution is -2.54. The van der Waals surface area contributed by atoms with Crippen LogP contribution >= 0.6 is 0 Å². The molecule has 1 aliphatic carbocycles. The number of nitrogens with zero attached hydrogens (tertiary/aromatic N) is 3. The van der Waals surface area contributed by atoms with Gasteiger partial charge in [-0.05, 0) is 50.3 Å². The van der Waals surface area contributed by atoms with Crippen LogP contribution in [0.3, 0.4) is 0 Å². The van der Waals surface area contributed by atoms with E-state index in [1.165, 1.54) is 19.3 Å². The van der Waals surface area contributed by atoms with E-state index in [4.69, 9.17) is 5.26 Å². The zero-order chi connectivity index (χ0) is 18.9. The molecule has 1 saturated carbocycles. The van der Waals surface area contributed by atoms with Gasteiger partial charge in [0, 0.05) is 31.2 Å². The van der Waals surface area contributed by atoms with Crippen molar-refractivity contribution in [3.63, 3.8) is 0 Å². The van der Waals surface area contributed by atoms with Gasteiger partial charge >= 0.3 is 0 Å². The third kappa shape index (κ3) is 3.34. The maximum atomic E-state index is 13.4. The maximum Gasteiger partial charge on any atom is 0.253 e. The van der Waals surface area contributed by atoms with Crippen LogP contribution in [-0.4, -0.2) is 47.3 Å². The monoisotopic (exact) mass is 365 g/mol. The van der Waals surface area contributed by atoms with Crippen molar-refractivity contribution >= 4 is 11.8 Å². The van der Waals surface area contributed by atoms with Gasteiger partial charge in [0.05, 0.1) is 17.0 Å². The molecule has 5 heteroatoms. The highest BCUT2D eigenvalue weighted by molar-refractivity contribution is 5.96. The first-order chi connectivity index (χ1) is 13.1. The smallest absolute Gasteiger partial charge is 0.253 e. The molecule has 3 fully saturated rings. The second-order valence-corrected chi connectivity index (χ2v) is 8.34. The zero-order valence-corrected chi connectivity index (χ0v) is 15.8. The first-order valence-corrected chi connectivity index (χ1v) is 10.2. The highest BCUT2D eigenvalue weighted by Gasteiger charge is 2.50. The molecule has 2 aliphatic heterocycles. The molecule has 0 unspecified atom stereocenters. The van der Waals surface area contributed by atoms with Crippen LogP contribution in [0.4, 0.5) is 0 Å². The maximum absolute atomic E-state index is 13.4. The van der Waals surface area contributed by atoms with Gasteiger partial charge < -0.3 is 9.80 Å². The topological polar surface area (TPSA) is 64.4 Å². The number of hydrogen-bond donors (Lipinski definition) is 0. The van der Waals surface area contributed by atoms with E-state index in [1.54, 1.807) is 24.3 Å². The molecule has 1 spiro atoms. The Morgan fingerprint density at radius 1 is 1.11 bits per heavy atom. The molecule has 0 N–H and O–H groups in total. The van der Waals surface area contributed by atoms with Crippen LogP contribution in [0.2, 0.25) is 0 Å². The Bertz CT molecular complexity index is 778. The summed E-state index contributed by atoms with van der Waals surface area (Å²) >= 11 is 0. The second-order valence-electron chi connectivity index (χ2n) is 8.34. The Balaban J connectivity index is 1.49. The summed E-state index contributed by atoms with van der Waals surface area (Å²) in [5.74, 6) is 0.216. The minimum absolute atomic E-state index is 0.0634. The largest absolute Gasteiger partial charge is 0.339 e. The molecule has 1 aromatic rings. The lowest BCUT2D eigenvalue weighted by atomic mass is 9.77. The van der Waals surface area contributed by atoms with Gasteiger partial charge in [0.2, 0.25) is 5.91 Å². The summed E-state index contributed by atoms with van der Waals surface area (Å²) in [6.07, 6.45) is 8.68. The molecule has 4 rings (SSSR count). The van der Waals surface area contributed by atoms with Gasteiger partial charge in [0.1, 0.15) is 0 Å². The number of carbonyl (C=O) groups is 2. The van der Waals surface area contributed by atoms with E-state index in [-0.39, 0.29) is 11.8 Å². The Hall–Kier alpha value is -2.35. The quantitative estimate of drug-likeness (QED) is 0.807. The summed E-state index contributed by atoms with van der Waals surface area (Å²) in [5.41, 5.74) is 0.642. The molecular weight excluding hydrogens is 338 g/mol. The first-order valence-electron chi connectivity index (χ1n) is 10.2. The molecule has 3 aliphatic rings. The molecule has 1 atom stereocenters. The molecule has 0 aromatic heterocycles. The summed E-state index contributed by atoms with van der Waals surface area (Å²) < 4.78 is 0. The number of hydrogen-bond acceptors (Lipinski definition) is 3. The normalized spacial score (nSPS) is 26.4. The van der Waals surface area contributed by atoms with E-state index in [0.29, 0.717) is 30.3 Å². The Kier molecular flexibility index (Phi) is 4.90. The third-order valence-electron chi connectivity index (χ3n) is 6.66. The van der Waals surface area contributed by atoms with E-state index in [9.17, 15) is 9.59 Å². The Morgan fingerprint density at radius 2 is 1.93 bits per heavy atom. The van der Waals surface area contributed by atoms with Crippen LogP contribution in [0.25, 0.3) is 0 Å². The number of benzene rings is 1. The predicted molar refractivity (Wildman–Crippen MR) is 102 cm³/mol. The van der Waals surface area contributed by atoms with E-state index in [2.05, 4.69) is 11.0 Å². The number of nitriles is 1. The third-order valence-corrected chi connectivity index (χ3v) is 6.66. The highest BCUT2D eigenvalue weighted by Crippen LogP contribution is 2.42. The van der Waals surface area contributed by atoms with Crippen LogP contribution in [0.1, 0.15) is 67.3 Å². The van der Waals surface area contributed by atoms with Crippen molar-refractivity contribution in [3.05, 3.63) is 35.4 Å². The Labute approximate surface area is 160 Å². The average molecular weight is 365 g/mol. The molecule has 1 aromatic carbocycles. The molecule has 2 saturated heterocycles. The van der Waals surface area contributed by atoms with Crippen molar-refractivity contribution in [3.8, 4) is 6.07 Å². The molecule has 2 heterocycles. The van der Waals surface area contributed by atoms with E-state index >= 15 is 0 Å². The van der Waals surface area contributed by atoms with Crippen molar-refractivity contribution in [1.29, 1.82) is 5.26 Å². The van der Waals surface area contributed by atoms with Crippen molar-refractivity contribution < 1.29 is 9.59 Å². The van der Waals surface area contributed by atoms with Crippen molar-refractivity contribution in [2.75, 3.05) is 19.6 Å². The minimum Gasteiger partial charge on any atom is -0.339 e. The predicted octanol–water partition coefficient (Wildman–Crippen LogP) is 3.35. The molecule has 0 radical (unpaired) electrons. The summed E-state index contributed by atoms with van der Waals surface area (Å²) in [6, 6.07) is 9.34. The van der Waals surface area contributed by atoms with E-state index in [0.717, 1.165) is 38.6 Å². The van der Waals surface area contributed by atoms with Crippen molar-refractivity contribution in [1.82, 2.24) is 9.80 Å². The van der Waals surface area contributed by atoms with E-state index in [1.807, 2.05) is 4.90 Å². The second kappa shape index (κ2) is 7.34. The minimum atomic E-state index is -0.391. The number of amides is 2. The van der Waals surface area contributed by atoms with Gasteiger partial charge in [0.15, 0.2) is 0 Å². The number of carbonyl (C=O) groups excluding carboxylic acids is 2. The zero-order valence-electron chi connectivity index (χ0n) is 15.8. The lowest BCUT2D eigenvalue weighted by Gasteiger charge is -2.44. The van der Waals surface area contributed by atoms with E-state index < -0.39 is 5.41 Å². The van der Waals surface area contributed by atoms with Crippen LogP contribution in [0, 0.1) is 16.7 Å². The highest BCUT2D eigenvalue weighted by atomic mass is 16.2. The summed E-state index contributed by atoms with van der Waals surface area (Å²) in [6.45, 7) is 2.02. The molecular formula is C22H27N3O2. The molecule has 2 amide bonds. The van der Waals surface area contributed by atoms with Crippen molar-refractivity contribution in [2.45, 2.75) is 57.4 Å². The Morgan fingerprint density at radius 3 is 2.70 bits per heavy atom. The van der Waals surface area contributed by atoms with Gasteiger partial charge in [-0.2, -0.15) is 5.26 Å². The van der Waals surface area contributed by atoms with Gasteiger partial charge in [-0.15, -0.1) is 0 Å². The standard InChI is InChI=1S/C22H27N3O2/c23-15-17-6-4-7-18(14-17)20(26)24-13-11-22(16-24)10-5-12-25(21(22)27)19-8-2-1-3-9-19/h4,6-7,14,19H,1-3,5,8-13,16H2/t22-/m0/s1. The first kappa shape index (κ1) is 18.0. The average Bonchev–Trinajstić information content (AvgIpc) is 3.15. The molecule has 142 valence electrons. The molecule has 5 nitrogen and oxygen atoms in total. The van der Waals surface area contributed by atoms with Crippen molar-refractivity contribution in [2.24, 2.45) is 5.41 Å². The van der Waals surface area contributed by atoms with Gasteiger partial charge in [0.25, 0.3) is 5.91 Å². The number of likely N-dealkylation sites (tertiary alicyclic amines) is 2. The summed E-state index contributed by atoms with van der Waals surface area (Å²) in [7, 11) is 0. The summed E-state index contributed by atoms with van der Waals surface area (Å²) in [5, 5.41) is 9.07. The SMILES string of the molecule is N#Cc1cccc(C(=O)N2CC[C@@]3(CCCN(C4CCCCC4)C3=O)C2)c1. The fourth-order valence-electron chi connectivity index (χ4n) is 5.17. The molecule has 27 heavy (non-hydrogen) atoms. The van der Waals surface area contributed by atoms with Gasteiger partial charge in [-0.1, -0.05) is 25.3 Å². The number of piperidine rings is 1. The lowest BCUT2D eigenvalue weighted by molar-refractivity contribution is -0.149. The fourth-order valence-corrected chi connectivity index (χ4v) is 5.17. The van der Waals surface area contributed by atoms with Gasteiger partial charge in [-0.25, -0.2) is 0 Å². The van der Waals surface area contributed by atoms with Crippen LogP contribution in [0.15, 0.2) is 24.3 Å². The van der Waals surface area contributed by atoms with Crippen LogP contribution in [-0.2, 0) is 4.79 Å². The van der Waals surface area contributed by atoms with Crippen LogP contribution in [0.5, 0.6) is 0 Å². The van der Waals surface area contributed by atoms with Gasteiger partial charge in [-0.3, -0.25) is 9.59 Å². The summed E-state index contributed by atoms with van der Waals surface area (Å²) in [4.78, 5) is 30.3. The molecule has 0 bridgehead atoms. The number of rotatable bonds is 2. The van der Waals surface area contributed by atoms with Crippen LogP contribution < -0.4 is 0 Å². The fraction of sp³-hybridized carbons (Fsp3) is 0.591.